The van der Waals surface area contributed by atoms with Crippen molar-refractivity contribution in [2.45, 2.75) is 40.2 Å². The van der Waals surface area contributed by atoms with Crippen LogP contribution in [0.25, 0.3) is 0 Å². The van der Waals surface area contributed by atoms with Gasteiger partial charge in [0.2, 0.25) is 5.91 Å². The number of benzene rings is 1. The van der Waals surface area contributed by atoms with E-state index < -0.39 is 6.03 Å². The predicted molar refractivity (Wildman–Crippen MR) is 98.5 cm³/mol. The molecule has 0 radical (unpaired) electrons. The van der Waals surface area contributed by atoms with Crippen LogP contribution in [0.1, 0.15) is 44.5 Å². The number of urea groups is 1. The Bertz CT molecular complexity index is 582. The minimum absolute atomic E-state index is 0.0811. The van der Waals surface area contributed by atoms with Crippen LogP contribution < -0.4 is 21.3 Å². The van der Waals surface area contributed by atoms with Crippen molar-refractivity contribution in [3.05, 3.63) is 29.8 Å². The van der Waals surface area contributed by atoms with Crippen LogP contribution in [0.2, 0.25) is 0 Å². The average molecular weight is 348 g/mol. The average Bonchev–Trinajstić information content (AvgIpc) is 2.52. The van der Waals surface area contributed by atoms with Gasteiger partial charge in [0.15, 0.2) is 0 Å². The fourth-order valence-electron chi connectivity index (χ4n) is 1.96. The van der Waals surface area contributed by atoms with Crippen molar-refractivity contribution < 1.29 is 14.4 Å². The molecule has 0 unspecified atom stereocenters. The van der Waals surface area contributed by atoms with Gasteiger partial charge in [0, 0.05) is 36.8 Å². The molecule has 0 aromatic heterocycles. The lowest BCUT2D eigenvalue weighted by atomic mass is 10.1. The van der Waals surface area contributed by atoms with Crippen molar-refractivity contribution in [3.63, 3.8) is 0 Å². The number of rotatable bonds is 8. The van der Waals surface area contributed by atoms with E-state index in [0.717, 1.165) is 0 Å². The summed E-state index contributed by atoms with van der Waals surface area (Å²) < 4.78 is 0. The van der Waals surface area contributed by atoms with Crippen molar-refractivity contribution >= 4 is 23.5 Å². The Hall–Kier alpha value is -2.57. The second kappa shape index (κ2) is 10.3. The number of anilines is 1. The molecule has 0 heterocycles. The summed E-state index contributed by atoms with van der Waals surface area (Å²) in [6, 6.07) is 6.32. The summed E-state index contributed by atoms with van der Waals surface area (Å²) in [6.45, 7) is 8.68. The van der Waals surface area contributed by atoms with Gasteiger partial charge in [-0.3, -0.25) is 9.59 Å². The summed E-state index contributed by atoms with van der Waals surface area (Å²) in [5.74, 6) is 0.143. The van der Waals surface area contributed by atoms with Crippen molar-refractivity contribution in [1.29, 1.82) is 0 Å². The van der Waals surface area contributed by atoms with E-state index in [1.165, 1.54) is 0 Å². The standard InChI is InChI=1S/C18H28N4O3/c1-12(2)11-20-17(24)14-5-7-15(8-6-14)22-18(25)19-10-9-16(23)21-13(3)4/h5-8,12-13H,9-11H2,1-4H3,(H,20,24)(H,21,23)(H2,19,22,25). The van der Waals surface area contributed by atoms with Gasteiger partial charge in [-0.05, 0) is 44.0 Å². The molecule has 1 aromatic rings. The Morgan fingerprint density at radius 1 is 0.960 bits per heavy atom. The molecule has 1 aromatic carbocycles. The zero-order valence-electron chi connectivity index (χ0n) is 15.3. The van der Waals surface area contributed by atoms with Gasteiger partial charge in [0.1, 0.15) is 0 Å². The van der Waals surface area contributed by atoms with Crippen LogP contribution in [-0.4, -0.2) is 37.0 Å². The predicted octanol–water partition coefficient (Wildman–Crippen LogP) is 2.11. The Labute approximate surface area is 148 Å². The normalized spacial score (nSPS) is 10.5. The molecule has 0 saturated carbocycles. The van der Waals surface area contributed by atoms with Gasteiger partial charge < -0.3 is 21.3 Å². The molecule has 4 N–H and O–H groups in total. The van der Waals surface area contributed by atoms with Gasteiger partial charge in [0.05, 0.1) is 0 Å². The van der Waals surface area contributed by atoms with Crippen molar-refractivity contribution in [2.24, 2.45) is 5.92 Å². The number of hydrogen-bond acceptors (Lipinski definition) is 3. The molecule has 7 heteroatoms. The summed E-state index contributed by atoms with van der Waals surface area (Å²) >= 11 is 0. The molecule has 25 heavy (non-hydrogen) atoms. The second-order valence-electron chi connectivity index (χ2n) is 6.53. The fraction of sp³-hybridized carbons (Fsp3) is 0.500. The van der Waals surface area contributed by atoms with Crippen LogP contribution in [0.5, 0.6) is 0 Å². The largest absolute Gasteiger partial charge is 0.354 e. The molecule has 0 fully saturated rings. The maximum atomic E-state index is 11.9. The van der Waals surface area contributed by atoms with Crippen molar-refractivity contribution in [2.75, 3.05) is 18.4 Å². The van der Waals surface area contributed by atoms with Gasteiger partial charge in [-0.1, -0.05) is 13.8 Å². The van der Waals surface area contributed by atoms with Crippen molar-refractivity contribution in [3.8, 4) is 0 Å². The number of carbonyl (C=O) groups excluding carboxylic acids is 3. The summed E-state index contributed by atoms with van der Waals surface area (Å²) in [6.07, 6.45) is 0.223. The maximum absolute atomic E-state index is 11.9. The molecule has 1 rings (SSSR count). The smallest absolute Gasteiger partial charge is 0.319 e. The van der Waals surface area contributed by atoms with E-state index in [1.807, 2.05) is 27.7 Å². The molecular formula is C18H28N4O3. The zero-order chi connectivity index (χ0) is 18.8. The Balaban J connectivity index is 2.38. The zero-order valence-corrected chi connectivity index (χ0v) is 15.3. The van der Waals surface area contributed by atoms with Gasteiger partial charge in [0.25, 0.3) is 5.91 Å². The van der Waals surface area contributed by atoms with Crippen LogP contribution >= 0.6 is 0 Å². The quantitative estimate of drug-likeness (QED) is 0.579. The van der Waals surface area contributed by atoms with Crippen LogP contribution in [0, 0.1) is 5.92 Å². The highest BCUT2D eigenvalue weighted by Crippen LogP contribution is 2.09. The monoisotopic (exact) mass is 348 g/mol. The Kier molecular flexibility index (Phi) is 8.46. The van der Waals surface area contributed by atoms with Crippen LogP contribution in [-0.2, 0) is 4.79 Å². The number of carbonyl (C=O) groups is 3. The maximum Gasteiger partial charge on any atom is 0.319 e. The van der Waals surface area contributed by atoms with Crippen LogP contribution in [0.3, 0.4) is 0 Å². The SMILES string of the molecule is CC(C)CNC(=O)c1ccc(NC(=O)NCCC(=O)NC(C)C)cc1. The van der Waals surface area contributed by atoms with Gasteiger partial charge in [-0.2, -0.15) is 0 Å². The molecule has 138 valence electrons. The molecule has 0 aliphatic carbocycles. The van der Waals surface area contributed by atoms with E-state index in [4.69, 9.17) is 0 Å². The molecule has 4 amide bonds. The van der Waals surface area contributed by atoms with Crippen LogP contribution in [0.15, 0.2) is 24.3 Å². The van der Waals surface area contributed by atoms with E-state index in [2.05, 4.69) is 21.3 Å². The topological polar surface area (TPSA) is 99.3 Å². The molecule has 0 aliphatic rings. The van der Waals surface area contributed by atoms with E-state index in [9.17, 15) is 14.4 Å². The fourth-order valence-corrected chi connectivity index (χ4v) is 1.96. The Morgan fingerprint density at radius 3 is 2.16 bits per heavy atom. The first-order valence-electron chi connectivity index (χ1n) is 8.50. The third-order valence-electron chi connectivity index (χ3n) is 3.16. The summed E-state index contributed by atoms with van der Waals surface area (Å²) in [7, 11) is 0. The number of amides is 4. The van der Waals surface area contributed by atoms with E-state index in [0.29, 0.717) is 23.7 Å². The Morgan fingerprint density at radius 2 is 1.60 bits per heavy atom. The first kappa shape index (κ1) is 20.5. The highest BCUT2D eigenvalue weighted by atomic mass is 16.2. The summed E-state index contributed by atoms with van der Waals surface area (Å²) in [5, 5.41) is 10.9. The third-order valence-corrected chi connectivity index (χ3v) is 3.16. The van der Waals surface area contributed by atoms with Gasteiger partial charge >= 0.3 is 6.03 Å². The van der Waals surface area contributed by atoms with Crippen LogP contribution in [0.4, 0.5) is 10.5 Å². The first-order valence-corrected chi connectivity index (χ1v) is 8.50. The van der Waals surface area contributed by atoms with E-state index >= 15 is 0 Å². The lowest BCUT2D eigenvalue weighted by Crippen LogP contribution is -2.35. The molecule has 7 nitrogen and oxygen atoms in total. The highest BCUT2D eigenvalue weighted by molar-refractivity contribution is 5.95. The highest BCUT2D eigenvalue weighted by Gasteiger charge is 2.08. The van der Waals surface area contributed by atoms with Crippen molar-refractivity contribution in [1.82, 2.24) is 16.0 Å². The molecule has 0 aliphatic heterocycles. The summed E-state index contributed by atoms with van der Waals surface area (Å²) in [5.41, 5.74) is 1.11. The number of hydrogen-bond donors (Lipinski definition) is 4. The molecule has 0 spiro atoms. The summed E-state index contributed by atoms with van der Waals surface area (Å²) in [4.78, 5) is 35.2. The minimum atomic E-state index is -0.394. The molecule has 0 bridgehead atoms. The van der Waals surface area contributed by atoms with Gasteiger partial charge in [-0.15, -0.1) is 0 Å². The lowest BCUT2D eigenvalue weighted by molar-refractivity contribution is -0.121. The molecular weight excluding hydrogens is 320 g/mol. The number of nitrogens with one attached hydrogen (secondary N) is 4. The third kappa shape index (κ3) is 8.74. The first-order chi connectivity index (χ1) is 11.8. The molecule has 0 saturated heterocycles. The minimum Gasteiger partial charge on any atom is -0.354 e. The van der Waals surface area contributed by atoms with E-state index in [-0.39, 0.29) is 30.8 Å². The lowest BCUT2D eigenvalue weighted by Gasteiger charge is -2.10. The second-order valence-corrected chi connectivity index (χ2v) is 6.53. The van der Waals surface area contributed by atoms with E-state index in [1.54, 1.807) is 24.3 Å². The van der Waals surface area contributed by atoms with Gasteiger partial charge in [-0.25, -0.2) is 4.79 Å². The molecule has 0 atom stereocenters.